The van der Waals surface area contributed by atoms with Gasteiger partial charge in [0.15, 0.2) is 5.78 Å². The van der Waals surface area contributed by atoms with Gasteiger partial charge < -0.3 is 10.2 Å². The molecular formula is C22H26N4O. The highest BCUT2D eigenvalue weighted by Gasteiger charge is 2.19. The van der Waals surface area contributed by atoms with Crippen molar-refractivity contribution in [1.82, 2.24) is 14.9 Å². The Morgan fingerprint density at radius 1 is 1.07 bits per heavy atom. The lowest BCUT2D eigenvalue weighted by Gasteiger charge is -2.29. The minimum absolute atomic E-state index is 0. The van der Waals surface area contributed by atoms with E-state index in [1.54, 1.807) is 13.3 Å². The highest BCUT2D eigenvalue weighted by atomic mass is 16.1. The summed E-state index contributed by atoms with van der Waals surface area (Å²) in [5.41, 5.74) is 5.75. The van der Waals surface area contributed by atoms with Crippen LogP contribution in [0.4, 0.5) is 5.69 Å². The van der Waals surface area contributed by atoms with Crippen molar-refractivity contribution in [3.8, 4) is 16.9 Å². The van der Waals surface area contributed by atoms with Gasteiger partial charge in [0.25, 0.3) is 0 Å². The maximum absolute atomic E-state index is 12.2. The number of carbonyl (C=O) groups excluding carboxylic acids is 1. The Morgan fingerprint density at radius 3 is 2.52 bits per heavy atom. The van der Waals surface area contributed by atoms with Gasteiger partial charge >= 0.3 is 0 Å². The standard InChI is InChI=1S/C22H24N4O.H2/c1-16-6-8-19(9-7-16)26-15-24-21(17(2)27)22(26)18-4-3-5-20(14-18)25-12-10-23-11-13-25;/h3-9,14-15,23H,10-13H2,1-2H3;1H. The third-order valence-electron chi connectivity index (χ3n) is 5.01. The molecule has 0 spiro atoms. The van der Waals surface area contributed by atoms with Crippen LogP contribution < -0.4 is 10.2 Å². The lowest BCUT2D eigenvalue weighted by Crippen LogP contribution is -2.43. The highest BCUT2D eigenvalue weighted by Crippen LogP contribution is 2.30. The summed E-state index contributed by atoms with van der Waals surface area (Å²) in [6, 6.07) is 16.7. The van der Waals surface area contributed by atoms with Crippen LogP contribution in [0.25, 0.3) is 16.9 Å². The summed E-state index contributed by atoms with van der Waals surface area (Å²) in [4.78, 5) is 19.0. The van der Waals surface area contributed by atoms with E-state index in [1.165, 1.54) is 11.3 Å². The fourth-order valence-electron chi connectivity index (χ4n) is 3.56. The fourth-order valence-corrected chi connectivity index (χ4v) is 3.56. The molecule has 1 fully saturated rings. The van der Waals surface area contributed by atoms with E-state index < -0.39 is 0 Å². The van der Waals surface area contributed by atoms with Gasteiger partial charge in [-0.05, 0) is 31.2 Å². The summed E-state index contributed by atoms with van der Waals surface area (Å²) in [6.45, 7) is 7.59. The molecule has 2 aromatic carbocycles. The lowest BCUT2D eigenvalue weighted by atomic mass is 10.1. The number of nitrogens with zero attached hydrogens (tertiary/aromatic N) is 3. The van der Waals surface area contributed by atoms with E-state index in [0.29, 0.717) is 5.69 Å². The zero-order valence-corrected chi connectivity index (χ0v) is 15.8. The van der Waals surface area contributed by atoms with E-state index >= 15 is 0 Å². The molecule has 0 saturated carbocycles. The maximum Gasteiger partial charge on any atom is 0.180 e. The van der Waals surface area contributed by atoms with Crippen LogP contribution in [-0.2, 0) is 0 Å². The number of nitrogens with one attached hydrogen (secondary N) is 1. The summed E-state index contributed by atoms with van der Waals surface area (Å²) >= 11 is 0. The summed E-state index contributed by atoms with van der Waals surface area (Å²) in [5.74, 6) is -0.0246. The van der Waals surface area contributed by atoms with Crippen molar-refractivity contribution < 1.29 is 6.22 Å². The normalized spacial score (nSPS) is 14.4. The molecule has 1 aromatic heterocycles. The van der Waals surface area contributed by atoms with Crippen molar-refractivity contribution in [2.24, 2.45) is 0 Å². The van der Waals surface area contributed by atoms with E-state index in [2.05, 4.69) is 70.7 Å². The van der Waals surface area contributed by atoms with Gasteiger partial charge in [-0.15, -0.1) is 0 Å². The number of carbonyl (C=O) groups is 1. The predicted molar refractivity (Wildman–Crippen MR) is 111 cm³/mol. The first kappa shape index (κ1) is 17.5. The Bertz CT molecular complexity index is 959. The molecule has 3 aromatic rings. The first-order valence-corrected chi connectivity index (χ1v) is 9.35. The van der Waals surface area contributed by atoms with Crippen LogP contribution in [0.5, 0.6) is 0 Å². The van der Waals surface area contributed by atoms with E-state index in [9.17, 15) is 4.79 Å². The van der Waals surface area contributed by atoms with E-state index in [-0.39, 0.29) is 7.21 Å². The van der Waals surface area contributed by atoms with Gasteiger partial charge in [0.2, 0.25) is 0 Å². The van der Waals surface area contributed by atoms with E-state index in [0.717, 1.165) is 43.1 Å². The van der Waals surface area contributed by atoms with Crippen LogP contribution in [0.2, 0.25) is 0 Å². The first-order valence-electron chi connectivity index (χ1n) is 9.35. The maximum atomic E-state index is 12.2. The number of benzene rings is 2. The molecule has 0 atom stereocenters. The monoisotopic (exact) mass is 362 g/mol. The Hall–Kier alpha value is -2.92. The largest absolute Gasteiger partial charge is 0.369 e. The van der Waals surface area contributed by atoms with Gasteiger partial charge in [-0.3, -0.25) is 9.36 Å². The van der Waals surface area contributed by atoms with Crippen LogP contribution in [0.1, 0.15) is 24.4 Å². The second-order valence-corrected chi connectivity index (χ2v) is 6.99. The number of ketones is 1. The van der Waals surface area contributed by atoms with Crippen molar-refractivity contribution in [2.75, 3.05) is 31.1 Å². The van der Waals surface area contributed by atoms with Gasteiger partial charge in [0.1, 0.15) is 12.0 Å². The Kier molecular flexibility index (Phi) is 4.77. The number of anilines is 1. The third kappa shape index (κ3) is 3.51. The molecule has 5 heteroatoms. The number of hydrogen-bond acceptors (Lipinski definition) is 4. The Morgan fingerprint density at radius 2 is 1.81 bits per heavy atom. The Labute approximate surface area is 161 Å². The molecule has 27 heavy (non-hydrogen) atoms. The van der Waals surface area contributed by atoms with E-state index in [4.69, 9.17) is 0 Å². The second kappa shape index (κ2) is 7.37. The Balaban J connectivity index is 0.00000225. The molecule has 0 bridgehead atoms. The number of aromatic nitrogens is 2. The lowest BCUT2D eigenvalue weighted by molar-refractivity contribution is 0.101. The third-order valence-corrected chi connectivity index (χ3v) is 5.01. The van der Waals surface area contributed by atoms with Crippen molar-refractivity contribution in [3.63, 3.8) is 0 Å². The van der Waals surface area contributed by atoms with Crippen molar-refractivity contribution >= 4 is 11.5 Å². The number of Topliss-reactive ketones (excluding diaryl/α,β-unsaturated/α-hetero) is 1. The molecule has 2 heterocycles. The van der Waals surface area contributed by atoms with Crippen LogP contribution in [-0.4, -0.2) is 41.5 Å². The summed E-state index contributed by atoms with van der Waals surface area (Å²) < 4.78 is 2.01. The fraction of sp³-hybridized carbons (Fsp3) is 0.273. The molecule has 0 aliphatic carbocycles. The number of aryl methyl sites for hydroxylation is 1. The SMILES string of the molecule is CC(=O)c1ncn(-c2ccc(C)cc2)c1-c1cccc(N2CCNCC2)c1.[HH]. The molecule has 140 valence electrons. The molecule has 0 unspecified atom stereocenters. The van der Waals surface area contributed by atoms with Gasteiger partial charge in [-0.2, -0.15) is 0 Å². The summed E-state index contributed by atoms with van der Waals surface area (Å²) in [5, 5.41) is 3.39. The van der Waals surface area contributed by atoms with Crippen LogP contribution in [0.3, 0.4) is 0 Å². The van der Waals surface area contributed by atoms with Crippen LogP contribution in [0, 0.1) is 6.92 Å². The van der Waals surface area contributed by atoms with Gasteiger partial charge in [-0.25, -0.2) is 4.98 Å². The molecule has 1 aliphatic heterocycles. The van der Waals surface area contributed by atoms with Gasteiger partial charge in [-0.1, -0.05) is 29.8 Å². The van der Waals surface area contributed by atoms with Gasteiger partial charge in [0.05, 0.1) is 5.69 Å². The zero-order chi connectivity index (χ0) is 18.8. The van der Waals surface area contributed by atoms with E-state index in [1.807, 2.05) is 4.57 Å². The minimum Gasteiger partial charge on any atom is -0.369 e. The number of imidazole rings is 1. The van der Waals surface area contributed by atoms with Crippen molar-refractivity contribution in [3.05, 3.63) is 66.1 Å². The molecule has 1 saturated heterocycles. The zero-order valence-electron chi connectivity index (χ0n) is 15.8. The molecule has 5 nitrogen and oxygen atoms in total. The van der Waals surface area contributed by atoms with Crippen molar-refractivity contribution in [2.45, 2.75) is 13.8 Å². The minimum atomic E-state index is -0.0246. The molecule has 0 amide bonds. The van der Waals surface area contributed by atoms with Crippen LogP contribution in [0.15, 0.2) is 54.9 Å². The average Bonchev–Trinajstić information content (AvgIpc) is 3.15. The molecule has 4 rings (SSSR count). The molecule has 0 radical (unpaired) electrons. The number of piperazine rings is 1. The highest BCUT2D eigenvalue weighted by molar-refractivity contribution is 5.98. The number of rotatable bonds is 4. The summed E-state index contributed by atoms with van der Waals surface area (Å²) in [6.07, 6.45) is 1.74. The topological polar surface area (TPSA) is 50.2 Å². The van der Waals surface area contributed by atoms with Crippen molar-refractivity contribution in [1.29, 1.82) is 0 Å². The summed E-state index contributed by atoms with van der Waals surface area (Å²) in [7, 11) is 0. The molecule has 1 N–H and O–H groups in total. The molecular weight excluding hydrogens is 336 g/mol. The average molecular weight is 362 g/mol. The first-order chi connectivity index (χ1) is 13.1. The molecule has 1 aliphatic rings. The smallest absolute Gasteiger partial charge is 0.180 e. The predicted octanol–water partition coefficient (Wildman–Crippen LogP) is 3.71. The van der Waals surface area contributed by atoms with Gasteiger partial charge in [0, 0.05) is 51.5 Å². The second-order valence-electron chi connectivity index (χ2n) is 6.99. The van der Waals surface area contributed by atoms with Crippen LogP contribution >= 0.6 is 0 Å². The number of hydrogen-bond donors (Lipinski definition) is 1. The quantitative estimate of drug-likeness (QED) is 0.719.